The van der Waals surface area contributed by atoms with Gasteiger partial charge in [-0.2, -0.15) is 9.50 Å². The minimum atomic E-state index is -0.510. The first kappa shape index (κ1) is 19.2. The van der Waals surface area contributed by atoms with E-state index in [2.05, 4.69) is 26.0 Å². The van der Waals surface area contributed by atoms with Crippen molar-refractivity contribution in [3.63, 3.8) is 0 Å². The van der Waals surface area contributed by atoms with Crippen LogP contribution in [0.4, 0.5) is 23.1 Å². The molecule has 0 atom stereocenters. The van der Waals surface area contributed by atoms with Gasteiger partial charge in [0.1, 0.15) is 5.82 Å². The third kappa shape index (κ3) is 3.88. The predicted molar refractivity (Wildman–Crippen MR) is 116 cm³/mol. The quantitative estimate of drug-likeness (QED) is 0.533. The maximum absolute atomic E-state index is 12.0. The first-order valence-electron chi connectivity index (χ1n) is 10.00. The molecule has 152 valence electrons. The fraction of sp³-hybridized carbons (Fsp3) is 0.381. The first-order valence-corrected chi connectivity index (χ1v) is 10.00. The van der Waals surface area contributed by atoms with E-state index in [-0.39, 0.29) is 5.91 Å². The lowest BCUT2D eigenvalue weighted by molar-refractivity contribution is -0.119. The van der Waals surface area contributed by atoms with E-state index in [1.165, 1.54) is 32.4 Å². The first-order chi connectivity index (χ1) is 13.9. The van der Waals surface area contributed by atoms with E-state index in [1.807, 2.05) is 44.2 Å². The normalized spacial score (nSPS) is 17.2. The van der Waals surface area contributed by atoms with Crippen molar-refractivity contribution in [1.29, 1.82) is 0 Å². The predicted octanol–water partition coefficient (Wildman–Crippen LogP) is 3.04. The van der Waals surface area contributed by atoms with Crippen LogP contribution in [-0.2, 0) is 10.2 Å². The van der Waals surface area contributed by atoms with Crippen LogP contribution in [0.1, 0.15) is 38.7 Å². The summed E-state index contributed by atoms with van der Waals surface area (Å²) in [4.78, 5) is 16.4. The third-order valence-corrected chi connectivity index (χ3v) is 5.36. The van der Waals surface area contributed by atoms with Gasteiger partial charge in [0.05, 0.1) is 5.41 Å². The molecule has 1 fully saturated rings. The average Bonchev–Trinajstić information content (AvgIpc) is 3.22. The average molecular weight is 393 g/mol. The number of hydrogen-bond donors (Lipinski definition) is 4. The van der Waals surface area contributed by atoms with Gasteiger partial charge in [-0.15, -0.1) is 5.10 Å². The fourth-order valence-electron chi connectivity index (χ4n) is 3.58. The van der Waals surface area contributed by atoms with Crippen molar-refractivity contribution in [2.24, 2.45) is 0 Å². The lowest BCUT2D eigenvalue weighted by atomic mass is 9.86. The Balaban J connectivity index is 0.000000294. The highest BCUT2D eigenvalue weighted by Crippen LogP contribution is 2.38. The van der Waals surface area contributed by atoms with Crippen molar-refractivity contribution < 1.29 is 4.79 Å². The highest BCUT2D eigenvalue weighted by atomic mass is 16.2. The van der Waals surface area contributed by atoms with Gasteiger partial charge < -0.3 is 21.7 Å². The molecule has 5 N–H and O–H groups in total. The molecule has 1 saturated heterocycles. The Hall–Kier alpha value is -3.13. The van der Waals surface area contributed by atoms with Crippen molar-refractivity contribution in [1.82, 2.24) is 19.9 Å². The van der Waals surface area contributed by atoms with E-state index in [9.17, 15) is 4.79 Å². The zero-order valence-corrected chi connectivity index (χ0v) is 16.8. The maximum atomic E-state index is 12.0. The van der Waals surface area contributed by atoms with E-state index >= 15 is 0 Å². The molecule has 0 spiro atoms. The number of rotatable bonds is 2. The molecule has 0 aliphatic carbocycles. The van der Waals surface area contributed by atoms with Crippen LogP contribution >= 0.6 is 0 Å². The van der Waals surface area contributed by atoms with E-state index < -0.39 is 5.41 Å². The summed E-state index contributed by atoms with van der Waals surface area (Å²) < 4.78 is 1.57. The minimum absolute atomic E-state index is 0.00304. The van der Waals surface area contributed by atoms with Gasteiger partial charge in [0.15, 0.2) is 5.65 Å². The number of benzene rings is 1. The van der Waals surface area contributed by atoms with Gasteiger partial charge >= 0.3 is 0 Å². The number of piperidine rings is 1. The molecule has 2 aliphatic heterocycles. The summed E-state index contributed by atoms with van der Waals surface area (Å²) in [6, 6.07) is 11.2. The van der Waals surface area contributed by atoms with E-state index in [4.69, 9.17) is 5.73 Å². The molecular formula is C21H27N7O. The van der Waals surface area contributed by atoms with Gasteiger partial charge in [-0.05, 0) is 69.6 Å². The molecule has 29 heavy (non-hydrogen) atoms. The largest absolute Gasteiger partial charge is 0.384 e. The second-order valence-corrected chi connectivity index (χ2v) is 7.93. The molecule has 0 bridgehead atoms. The summed E-state index contributed by atoms with van der Waals surface area (Å²) in [5.74, 6) is 0.973. The van der Waals surface area contributed by atoms with Gasteiger partial charge in [-0.3, -0.25) is 4.79 Å². The van der Waals surface area contributed by atoms with Crippen molar-refractivity contribution in [3.05, 3.63) is 42.0 Å². The van der Waals surface area contributed by atoms with Crippen LogP contribution in [0, 0.1) is 0 Å². The lowest BCUT2D eigenvalue weighted by Crippen LogP contribution is -2.26. The topological polar surface area (TPSA) is 109 Å². The molecule has 3 aromatic rings. The van der Waals surface area contributed by atoms with Gasteiger partial charge in [0.25, 0.3) is 0 Å². The van der Waals surface area contributed by atoms with Crippen molar-refractivity contribution in [2.75, 3.05) is 29.5 Å². The van der Waals surface area contributed by atoms with Crippen molar-refractivity contribution in [3.8, 4) is 0 Å². The molecular weight excluding hydrogens is 366 g/mol. The number of nitrogen functional groups attached to an aromatic ring is 1. The van der Waals surface area contributed by atoms with Crippen LogP contribution < -0.4 is 21.7 Å². The zero-order valence-electron chi connectivity index (χ0n) is 16.8. The summed E-state index contributed by atoms with van der Waals surface area (Å²) in [5.41, 5.74) is 8.63. The van der Waals surface area contributed by atoms with Gasteiger partial charge in [-0.25, -0.2) is 0 Å². The number of anilines is 4. The molecule has 0 saturated carbocycles. The highest BCUT2D eigenvalue weighted by molar-refractivity contribution is 6.06. The van der Waals surface area contributed by atoms with Gasteiger partial charge in [0.2, 0.25) is 11.9 Å². The number of carbonyl (C=O) groups is 1. The van der Waals surface area contributed by atoms with Crippen LogP contribution in [0.5, 0.6) is 0 Å². The number of hydrogen-bond acceptors (Lipinski definition) is 6. The minimum Gasteiger partial charge on any atom is -0.384 e. The molecule has 0 radical (unpaired) electrons. The molecule has 5 rings (SSSR count). The summed E-state index contributed by atoms with van der Waals surface area (Å²) >= 11 is 0. The Kier molecular flexibility index (Phi) is 5.10. The van der Waals surface area contributed by atoms with Crippen molar-refractivity contribution in [2.45, 2.75) is 38.5 Å². The second-order valence-electron chi connectivity index (χ2n) is 7.93. The third-order valence-electron chi connectivity index (χ3n) is 5.36. The molecule has 4 heterocycles. The summed E-state index contributed by atoms with van der Waals surface area (Å²) in [7, 11) is 0. The number of nitrogens with zero attached hydrogens (tertiary/aromatic N) is 3. The Morgan fingerprint density at radius 2 is 1.93 bits per heavy atom. The van der Waals surface area contributed by atoms with Crippen LogP contribution in [0.15, 0.2) is 36.4 Å². The van der Waals surface area contributed by atoms with E-state index in [1.54, 1.807) is 10.6 Å². The second kappa shape index (κ2) is 7.71. The number of fused-ring (bicyclic) bond motifs is 2. The highest BCUT2D eigenvalue weighted by Gasteiger charge is 2.38. The van der Waals surface area contributed by atoms with Crippen molar-refractivity contribution >= 4 is 34.7 Å². The Labute approximate surface area is 169 Å². The smallest absolute Gasteiger partial charge is 0.247 e. The van der Waals surface area contributed by atoms with Crippen LogP contribution in [0.25, 0.3) is 5.65 Å². The Bertz CT molecular complexity index is 1030. The standard InChI is InChI=1S/C16H16N6O.C5H11N/c1-16(2)10-7-6-9(8-11(10)19-14(16)23)18-15-20-13-5-3-4-12(17)22(13)21-15;1-2-4-6-5-3-1/h3-8H,17H2,1-2H3,(H,18,21)(H,19,23);6H,1-5H2. The molecule has 8 nitrogen and oxygen atoms in total. The summed E-state index contributed by atoms with van der Waals surface area (Å²) in [6.07, 6.45) is 4.22. The Morgan fingerprint density at radius 3 is 2.59 bits per heavy atom. The number of nitrogens with one attached hydrogen (secondary N) is 3. The maximum Gasteiger partial charge on any atom is 0.247 e. The van der Waals surface area contributed by atoms with Crippen LogP contribution in [0.3, 0.4) is 0 Å². The van der Waals surface area contributed by atoms with Gasteiger partial charge in [-0.1, -0.05) is 18.6 Å². The van der Waals surface area contributed by atoms with Crippen LogP contribution in [0.2, 0.25) is 0 Å². The molecule has 8 heteroatoms. The lowest BCUT2D eigenvalue weighted by Gasteiger charge is -2.14. The van der Waals surface area contributed by atoms with E-state index in [0.29, 0.717) is 17.4 Å². The monoisotopic (exact) mass is 393 g/mol. The SMILES string of the molecule is C1CCNCC1.CC1(C)C(=O)Nc2cc(Nc3nc4cccc(N)n4n3)ccc21. The number of amides is 1. The van der Waals surface area contributed by atoms with Crippen LogP contribution in [-0.4, -0.2) is 33.6 Å². The molecule has 2 aromatic heterocycles. The summed E-state index contributed by atoms with van der Waals surface area (Å²) in [5, 5.41) is 13.7. The zero-order chi connectivity index (χ0) is 20.4. The summed E-state index contributed by atoms with van der Waals surface area (Å²) in [6.45, 7) is 6.32. The number of pyridine rings is 1. The Morgan fingerprint density at radius 1 is 1.14 bits per heavy atom. The molecule has 1 amide bonds. The van der Waals surface area contributed by atoms with Gasteiger partial charge in [0, 0.05) is 11.4 Å². The molecule has 1 aromatic carbocycles. The number of carbonyl (C=O) groups excluding carboxylic acids is 1. The number of nitrogens with two attached hydrogens (primary N) is 1. The van der Waals surface area contributed by atoms with E-state index in [0.717, 1.165) is 16.9 Å². The molecule has 0 unspecified atom stereocenters. The fourth-order valence-corrected chi connectivity index (χ4v) is 3.58. The molecule has 2 aliphatic rings. The number of aromatic nitrogens is 3.